The third-order valence-electron chi connectivity index (χ3n) is 1.81. The second-order valence-electron chi connectivity index (χ2n) is 2.96. The molecule has 0 atom stereocenters. The fraction of sp³-hybridized carbons (Fsp3) is 0.182. The fourth-order valence-corrected chi connectivity index (χ4v) is 1.23. The Morgan fingerprint density at radius 1 is 1.50 bits per heavy atom. The SMILES string of the molecule is CC(C#N)=C(Cl)c1cccc(OC(F)F)c1. The van der Waals surface area contributed by atoms with Crippen molar-refractivity contribution in [2.24, 2.45) is 0 Å². The molecule has 84 valence electrons. The molecule has 0 unspecified atom stereocenters. The first-order valence-electron chi connectivity index (χ1n) is 4.36. The van der Waals surface area contributed by atoms with Crippen molar-refractivity contribution in [2.45, 2.75) is 13.5 Å². The van der Waals surface area contributed by atoms with Gasteiger partial charge in [-0.2, -0.15) is 14.0 Å². The van der Waals surface area contributed by atoms with Gasteiger partial charge in [-0.15, -0.1) is 0 Å². The minimum atomic E-state index is -2.88. The topological polar surface area (TPSA) is 33.0 Å². The summed E-state index contributed by atoms with van der Waals surface area (Å²) < 4.78 is 28.1. The lowest BCUT2D eigenvalue weighted by Gasteiger charge is -2.06. The van der Waals surface area contributed by atoms with Crippen LogP contribution in [0.1, 0.15) is 12.5 Å². The second kappa shape index (κ2) is 5.47. The molecule has 1 aromatic rings. The van der Waals surface area contributed by atoms with E-state index in [0.717, 1.165) is 0 Å². The molecule has 0 spiro atoms. The second-order valence-corrected chi connectivity index (χ2v) is 3.34. The van der Waals surface area contributed by atoms with Crippen molar-refractivity contribution in [1.82, 2.24) is 0 Å². The average Bonchev–Trinajstić information content (AvgIpc) is 2.26. The van der Waals surface area contributed by atoms with Crippen molar-refractivity contribution >= 4 is 16.6 Å². The lowest BCUT2D eigenvalue weighted by atomic mass is 10.1. The van der Waals surface area contributed by atoms with Gasteiger partial charge in [0, 0.05) is 5.57 Å². The monoisotopic (exact) mass is 243 g/mol. The third kappa shape index (κ3) is 3.21. The molecule has 0 heterocycles. The molecule has 1 aromatic carbocycles. The number of allylic oxidation sites excluding steroid dienone is 1. The van der Waals surface area contributed by atoms with E-state index in [1.807, 2.05) is 6.07 Å². The molecule has 0 bridgehead atoms. The van der Waals surface area contributed by atoms with Crippen LogP contribution < -0.4 is 4.74 Å². The number of benzene rings is 1. The van der Waals surface area contributed by atoms with Gasteiger partial charge in [-0.05, 0) is 24.6 Å². The van der Waals surface area contributed by atoms with Crippen LogP contribution in [0.15, 0.2) is 29.8 Å². The van der Waals surface area contributed by atoms with E-state index in [2.05, 4.69) is 4.74 Å². The number of rotatable bonds is 3. The van der Waals surface area contributed by atoms with E-state index in [1.54, 1.807) is 13.0 Å². The molecule has 2 nitrogen and oxygen atoms in total. The summed E-state index contributed by atoms with van der Waals surface area (Å²) in [5.41, 5.74) is 0.787. The van der Waals surface area contributed by atoms with Gasteiger partial charge in [0.15, 0.2) is 0 Å². The van der Waals surface area contributed by atoms with E-state index < -0.39 is 6.61 Å². The van der Waals surface area contributed by atoms with Crippen LogP contribution in [-0.2, 0) is 0 Å². The van der Waals surface area contributed by atoms with Crippen LogP contribution in [0.4, 0.5) is 8.78 Å². The van der Waals surface area contributed by atoms with Crippen molar-refractivity contribution in [3.05, 3.63) is 35.4 Å². The van der Waals surface area contributed by atoms with E-state index >= 15 is 0 Å². The molecule has 16 heavy (non-hydrogen) atoms. The van der Waals surface area contributed by atoms with Gasteiger partial charge in [-0.1, -0.05) is 23.7 Å². The number of hydrogen-bond acceptors (Lipinski definition) is 2. The van der Waals surface area contributed by atoms with Gasteiger partial charge < -0.3 is 4.74 Å². The quantitative estimate of drug-likeness (QED) is 0.757. The van der Waals surface area contributed by atoms with Crippen molar-refractivity contribution in [3.8, 4) is 11.8 Å². The Balaban J connectivity index is 3.05. The summed E-state index contributed by atoms with van der Waals surface area (Å²) in [5, 5.41) is 8.86. The maximum absolute atomic E-state index is 12.0. The first-order chi connectivity index (χ1) is 7.54. The minimum Gasteiger partial charge on any atom is -0.435 e. The van der Waals surface area contributed by atoms with Crippen LogP contribution >= 0.6 is 11.6 Å². The third-order valence-corrected chi connectivity index (χ3v) is 2.31. The van der Waals surface area contributed by atoms with E-state index in [9.17, 15) is 8.78 Å². The van der Waals surface area contributed by atoms with Gasteiger partial charge in [0.1, 0.15) is 5.75 Å². The van der Waals surface area contributed by atoms with Gasteiger partial charge >= 0.3 is 6.61 Å². The molecule has 0 saturated carbocycles. The van der Waals surface area contributed by atoms with Crippen LogP contribution in [0.5, 0.6) is 5.75 Å². The van der Waals surface area contributed by atoms with Crippen LogP contribution in [0.25, 0.3) is 5.03 Å². The Hall–Kier alpha value is -1.60. The Morgan fingerprint density at radius 3 is 2.75 bits per heavy atom. The standard InChI is InChI=1S/C11H8ClF2NO/c1-7(6-15)10(12)8-3-2-4-9(5-8)16-11(13)14/h2-5,11H,1H3. The van der Waals surface area contributed by atoms with Gasteiger partial charge in [0.05, 0.1) is 11.1 Å². The Morgan fingerprint density at radius 2 is 2.19 bits per heavy atom. The highest BCUT2D eigenvalue weighted by Crippen LogP contribution is 2.26. The highest BCUT2D eigenvalue weighted by Gasteiger charge is 2.07. The molecular weight excluding hydrogens is 236 g/mol. The van der Waals surface area contributed by atoms with Crippen molar-refractivity contribution in [2.75, 3.05) is 0 Å². The van der Waals surface area contributed by atoms with Crippen molar-refractivity contribution < 1.29 is 13.5 Å². The first kappa shape index (κ1) is 12.5. The summed E-state index contributed by atoms with van der Waals surface area (Å²) >= 11 is 5.88. The molecule has 0 saturated heterocycles. The molecular formula is C11H8ClF2NO. The molecule has 5 heteroatoms. The average molecular weight is 244 g/mol. The molecule has 0 aromatic heterocycles. The van der Waals surface area contributed by atoms with E-state index in [-0.39, 0.29) is 10.8 Å². The largest absolute Gasteiger partial charge is 0.435 e. The highest BCUT2D eigenvalue weighted by atomic mass is 35.5. The fourth-order valence-electron chi connectivity index (χ4n) is 1.07. The smallest absolute Gasteiger partial charge is 0.387 e. The minimum absolute atomic E-state index is 0.0105. The first-order valence-corrected chi connectivity index (χ1v) is 4.74. The van der Waals surface area contributed by atoms with Crippen LogP contribution in [-0.4, -0.2) is 6.61 Å². The molecule has 0 radical (unpaired) electrons. The predicted octanol–water partition coefficient (Wildman–Crippen LogP) is 3.78. The van der Waals surface area contributed by atoms with E-state index in [1.165, 1.54) is 18.2 Å². The lowest BCUT2D eigenvalue weighted by molar-refractivity contribution is -0.0498. The summed E-state index contributed by atoms with van der Waals surface area (Å²) in [7, 11) is 0. The maximum Gasteiger partial charge on any atom is 0.387 e. The normalized spacial score (nSPS) is 12.0. The molecule has 0 N–H and O–H groups in total. The molecule has 0 fully saturated rings. The predicted molar refractivity (Wildman–Crippen MR) is 57.1 cm³/mol. The number of nitriles is 1. The van der Waals surface area contributed by atoms with Gasteiger partial charge in [-0.25, -0.2) is 0 Å². The van der Waals surface area contributed by atoms with Crippen LogP contribution in [0, 0.1) is 11.3 Å². The molecule has 1 rings (SSSR count). The van der Waals surface area contributed by atoms with Crippen LogP contribution in [0.3, 0.4) is 0 Å². The summed E-state index contributed by atoms with van der Waals surface area (Å²) in [5.74, 6) is 0.0105. The maximum atomic E-state index is 12.0. The lowest BCUT2D eigenvalue weighted by Crippen LogP contribution is -2.01. The molecule has 0 amide bonds. The Labute approximate surface area is 96.7 Å². The van der Waals surface area contributed by atoms with E-state index in [4.69, 9.17) is 16.9 Å². The summed E-state index contributed by atoms with van der Waals surface area (Å²) in [4.78, 5) is 0. The molecule has 0 aliphatic heterocycles. The number of alkyl halides is 2. The molecule has 0 aliphatic rings. The number of halogens is 3. The van der Waals surface area contributed by atoms with E-state index in [0.29, 0.717) is 11.1 Å². The number of hydrogen-bond donors (Lipinski definition) is 0. The van der Waals surface area contributed by atoms with Crippen LogP contribution in [0.2, 0.25) is 0 Å². The summed E-state index contributed by atoms with van der Waals surface area (Å²) in [6.07, 6.45) is 0. The summed E-state index contributed by atoms with van der Waals surface area (Å²) in [6.45, 7) is -1.33. The molecule has 0 aliphatic carbocycles. The zero-order valence-corrected chi connectivity index (χ0v) is 9.13. The highest BCUT2D eigenvalue weighted by molar-refractivity contribution is 6.49. The number of ether oxygens (including phenoxy) is 1. The Kier molecular flexibility index (Phi) is 4.27. The zero-order valence-electron chi connectivity index (χ0n) is 8.38. The van der Waals surface area contributed by atoms with Crippen molar-refractivity contribution in [3.63, 3.8) is 0 Å². The zero-order chi connectivity index (χ0) is 12.1. The van der Waals surface area contributed by atoms with Gasteiger partial charge in [0.25, 0.3) is 0 Å². The Bertz CT molecular complexity index is 452. The van der Waals surface area contributed by atoms with Crippen molar-refractivity contribution in [1.29, 1.82) is 5.26 Å². The van der Waals surface area contributed by atoms with Gasteiger partial charge in [-0.3, -0.25) is 0 Å². The van der Waals surface area contributed by atoms with Gasteiger partial charge in [0.2, 0.25) is 0 Å². The number of nitrogens with zero attached hydrogens (tertiary/aromatic N) is 1. The summed E-state index contributed by atoms with van der Waals surface area (Å²) in [6, 6.07) is 7.77.